The van der Waals surface area contributed by atoms with Gasteiger partial charge in [0.2, 0.25) is 0 Å². The van der Waals surface area contributed by atoms with Crippen LogP contribution in [0.1, 0.15) is 1.43 Å². The SMILES string of the molecule is CO[SiH2]OC.[HH]. The molecule has 0 bridgehead atoms. The molecule has 0 aliphatic carbocycles. The summed E-state index contributed by atoms with van der Waals surface area (Å²) in [6.45, 7) is 0. The monoisotopic (exact) mass is 94.0 g/mol. The molecule has 5 heavy (non-hydrogen) atoms. The van der Waals surface area contributed by atoms with Gasteiger partial charge in [-0.3, -0.25) is 0 Å². The van der Waals surface area contributed by atoms with Gasteiger partial charge in [0, 0.05) is 15.6 Å². The van der Waals surface area contributed by atoms with Crippen molar-refractivity contribution in [3.05, 3.63) is 0 Å². The Morgan fingerprint density at radius 3 is 1.80 bits per heavy atom. The van der Waals surface area contributed by atoms with E-state index in [-0.39, 0.29) is 1.43 Å². The van der Waals surface area contributed by atoms with Crippen molar-refractivity contribution >= 4 is 10.0 Å². The van der Waals surface area contributed by atoms with Crippen molar-refractivity contribution in [2.75, 3.05) is 14.2 Å². The van der Waals surface area contributed by atoms with E-state index in [1.165, 1.54) is 0 Å². The predicted octanol–water partition coefficient (Wildman–Crippen LogP) is -0.476. The number of hydrogen-bond donors (Lipinski definition) is 0. The minimum absolute atomic E-state index is 0. The zero-order valence-electron chi connectivity index (χ0n) is 3.52. The van der Waals surface area contributed by atoms with Crippen LogP contribution in [0.25, 0.3) is 0 Å². The standard InChI is InChI=1S/C2H8O2Si.H2/c1-3-5-4-2;/h5H2,1-2H3;1H. The number of hydrogen-bond acceptors (Lipinski definition) is 2. The molecule has 34 valence electrons. The maximum Gasteiger partial charge on any atom is 0.303 e. The van der Waals surface area contributed by atoms with Crippen molar-refractivity contribution in [1.82, 2.24) is 0 Å². The van der Waals surface area contributed by atoms with Crippen molar-refractivity contribution in [3.8, 4) is 0 Å². The summed E-state index contributed by atoms with van der Waals surface area (Å²) in [5.74, 6) is 0. The van der Waals surface area contributed by atoms with Crippen LogP contribution < -0.4 is 0 Å². The van der Waals surface area contributed by atoms with Gasteiger partial charge in [-0.15, -0.1) is 0 Å². The van der Waals surface area contributed by atoms with Gasteiger partial charge in [0.1, 0.15) is 0 Å². The molecule has 0 N–H and O–H groups in total. The van der Waals surface area contributed by atoms with Gasteiger partial charge in [-0.25, -0.2) is 0 Å². The van der Waals surface area contributed by atoms with E-state index in [0.29, 0.717) is 0 Å². The Kier molecular flexibility index (Phi) is 4.25. The summed E-state index contributed by atoms with van der Waals surface area (Å²) in [4.78, 5) is 0. The van der Waals surface area contributed by atoms with Crippen LogP contribution in [0, 0.1) is 0 Å². The highest BCUT2D eigenvalue weighted by atomic mass is 28.3. The normalized spacial score (nSPS) is 8.40. The smallest absolute Gasteiger partial charge is 0.303 e. The number of rotatable bonds is 2. The maximum absolute atomic E-state index is 4.61. The van der Waals surface area contributed by atoms with Gasteiger partial charge in [-0.2, -0.15) is 0 Å². The van der Waals surface area contributed by atoms with Gasteiger partial charge in [0.25, 0.3) is 0 Å². The third-order valence-electron chi connectivity index (χ3n) is 0.236. The van der Waals surface area contributed by atoms with Crippen LogP contribution in [-0.2, 0) is 8.85 Å². The van der Waals surface area contributed by atoms with Crippen LogP contribution in [-0.4, -0.2) is 24.2 Å². The van der Waals surface area contributed by atoms with Crippen LogP contribution in [0.5, 0.6) is 0 Å². The quantitative estimate of drug-likeness (QED) is 0.430. The fraction of sp³-hybridized carbons (Fsp3) is 1.00. The molecule has 0 aliphatic rings. The molecule has 0 spiro atoms. The van der Waals surface area contributed by atoms with Gasteiger partial charge in [-0.05, 0) is 0 Å². The third kappa shape index (κ3) is 4.14. The lowest BCUT2D eigenvalue weighted by molar-refractivity contribution is 0.309. The van der Waals surface area contributed by atoms with Crippen molar-refractivity contribution < 1.29 is 10.3 Å². The molecule has 0 aromatic rings. The molecule has 0 aromatic carbocycles. The Bertz CT molecular complexity index is 19.0. The lowest BCUT2D eigenvalue weighted by Crippen LogP contribution is -1.93. The second kappa shape index (κ2) is 4.14. The highest BCUT2D eigenvalue weighted by Gasteiger charge is 1.67. The Morgan fingerprint density at radius 2 is 1.80 bits per heavy atom. The molecule has 0 saturated carbocycles. The fourth-order valence-electron chi connectivity index (χ4n) is 0.118. The first-order valence-corrected chi connectivity index (χ1v) is 2.55. The molecule has 3 heteroatoms. The molecule has 0 atom stereocenters. The maximum atomic E-state index is 4.61. The first-order chi connectivity index (χ1) is 2.41. The Labute approximate surface area is 35.6 Å². The Balaban J connectivity index is 0. The van der Waals surface area contributed by atoms with E-state index < -0.39 is 10.0 Å². The first kappa shape index (κ1) is 5.14. The van der Waals surface area contributed by atoms with Crippen LogP contribution in [0.15, 0.2) is 0 Å². The summed E-state index contributed by atoms with van der Waals surface area (Å²) >= 11 is 0. The first-order valence-electron chi connectivity index (χ1n) is 1.39. The van der Waals surface area contributed by atoms with Crippen molar-refractivity contribution in [1.29, 1.82) is 0 Å². The molecular formula is C2H10O2Si. The van der Waals surface area contributed by atoms with Crippen LogP contribution >= 0.6 is 0 Å². The molecule has 0 unspecified atom stereocenters. The molecule has 0 radical (unpaired) electrons. The third-order valence-corrected chi connectivity index (χ3v) is 0.707. The molecule has 0 aliphatic heterocycles. The summed E-state index contributed by atoms with van der Waals surface area (Å²) in [6, 6.07) is 0. The van der Waals surface area contributed by atoms with E-state index in [9.17, 15) is 0 Å². The molecule has 0 heterocycles. The highest BCUT2D eigenvalue weighted by molar-refractivity contribution is 6.17. The van der Waals surface area contributed by atoms with E-state index in [0.717, 1.165) is 0 Å². The van der Waals surface area contributed by atoms with Crippen LogP contribution in [0.2, 0.25) is 0 Å². The molecule has 0 saturated heterocycles. The minimum atomic E-state index is -0.568. The zero-order valence-corrected chi connectivity index (χ0v) is 4.94. The lowest BCUT2D eigenvalue weighted by atomic mass is 11.8. The fourth-order valence-corrected chi connectivity index (χ4v) is 0.354. The topological polar surface area (TPSA) is 18.5 Å². The summed E-state index contributed by atoms with van der Waals surface area (Å²) < 4.78 is 9.22. The highest BCUT2D eigenvalue weighted by Crippen LogP contribution is 1.55. The van der Waals surface area contributed by atoms with Crippen molar-refractivity contribution in [3.63, 3.8) is 0 Å². The van der Waals surface area contributed by atoms with Gasteiger partial charge in [0.15, 0.2) is 0 Å². The van der Waals surface area contributed by atoms with E-state index in [1.807, 2.05) is 0 Å². The van der Waals surface area contributed by atoms with Crippen LogP contribution in [0.3, 0.4) is 0 Å². The summed E-state index contributed by atoms with van der Waals surface area (Å²) in [7, 11) is 2.73. The summed E-state index contributed by atoms with van der Waals surface area (Å²) in [5, 5.41) is 0. The van der Waals surface area contributed by atoms with Crippen LogP contribution in [0.4, 0.5) is 0 Å². The van der Waals surface area contributed by atoms with E-state index >= 15 is 0 Å². The van der Waals surface area contributed by atoms with Gasteiger partial charge < -0.3 is 8.85 Å². The lowest BCUT2D eigenvalue weighted by Gasteiger charge is -1.86. The molecule has 0 fully saturated rings. The largest absolute Gasteiger partial charge is 0.402 e. The average molecular weight is 94.2 g/mol. The van der Waals surface area contributed by atoms with E-state index in [4.69, 9.17) is 0 Å². The molecule has 0 rings (SSSR count). The Morgan fingerprint density at radius 1 is 1.40 bits per heavy atom. The van der Waals surface area contributed by atoms with Gasteiger partial charge in [0.05, 0.1) is 0 Å². The molecular weight excluding hydrogens is 84.1 g/mol. The van der Waals surface area contributed by atoms with Crippen molar-refractivity contribution in [2.45, 2.75) is 0 Å². The zero-order chi connectivity index (χ0) is 4.12. The Hall–Kier alpha value is 0.137. The summed E-state index contributed by atoms with van der Waals surface area (Å²) in [5.41, 5.74) is 0. The van der Waals surface area contributed by atoms with E-state index in [1.54, 1.807) is 14.2 Å². The summed E-state index contributed by atoms with van der Waals surface area (Å²) in [6.07, 6.45) is 0. The second-order valence-electron chi connectivity index (χ2n) is 0.695. The predicted molar refractivity (Wildman–Crippen MR) is 24.7 cm³/mol. The van der Waals surface area contributed by atoms with Gasteiger partial charge in [-0.1, -0.05) is 0 Å². The average Bonchev–Trinajstić information content (AvgIpc) is 1.41. The molecule has 0 aromatic heterocycles. The molecule has 0 amide bonds. The second-order valence-corrected chi connectivity index (χ2v) is 2.09. The van der Waals surface area contributed by atoms with Gasteiger partial charge >= 0.3 is 10.0 Å². The minimum Gasteiger partial charge on any atom is -0.402 e. The molecule has 2 nitrogen and oxygen atoms in total. The van der Waals surface area contributed by atoms with E-state index in [2.05, 4.69) is 8.85 Å². The van der Waals surface area contributed by atoms with Crippen molar-refractivity contribution in [2.24, 2.45) is 0 Å².